The van der Waals surface area contributed by atoms with Crippen molar-refractivity contribution in [3.8, 4) is 0 Å². The van der Waals surface area contributed by atoms with Crippen molar-refractivity contribution < 1.29 is 9.53 Å². The van der Waals surface area contributed by atoms with Gasteiger partial charge in [-0.1, -0.05) is 77.0 Å². The minimum absolute atomic E-state index is 0.267. The Balaban J connectivity index is 2.12. The standard InChI is InChI=1S/C27H48O2Si/c1-21(15-11-10-12-19-26(5,6)28)22-16-13-17-23-24(18-14-20-27(22,23)7)29-30(8,9)25(2,3)4/h10-12,16,19,21,23-24,28H,13-15,17-18,20H2,1-9H3/t21-,23+,24+,27-/m1/s1. The topological polar surface area (TPSA) is 29.5 Å². The maximum Gasteiger partial charge on any atom is 0.192 e. The predicted molar refractivity (Wildman–Crippen MR) is 133 cm³/mol. The Morgan fingerprint density at radius 1 is 1.20 bits per heavy atom. The molecule has 0 spiro atoms. The molecular formula is C27H48O2Si. The summed E-state index contributed by atoms with van der Waals surface area (Å²) < 4.78 is 7.02. The van der Waals surface area contributed by atoms with Gasteiger partial charge in [0, 0.05) is 6.10 Å². The van der Waals surface area contributed by atoms with E-state index < -0.39 is 13.9 Å². The Morgan fingerprint density at radius 3 is 2.47 bits per heavy atom. The molecule has 2 rings (SSSR count). The average molecular weight is 433 g/mol. The number of allylic oxidation sites excluding steroid dienone is 5. The van der Waals surface area contributed by atoms with Crippen molar-refractivity contribution in [2.45, 2.75) is 117 Å². The largest absolute Gasteiger partial charge is 0.414 e. The van der Waals surface area contributed by atoms with Gasteiger partial charge in [0.1, 0.15) is 0 Å². The van der Waals surface area contributed by atoms with Crippen LogP contribution in [0.4, 0.5) is 0 Å². The van der Waals surface area contributed by atoms with Crippen LogP contribution >= 0.6 is 0 Å². The minimum Gasteiger partial charge on any atom is -0.414 e. The molecule has 1 fully saturated rings. The van der Waals surface area contributed by atoms with E-state index in [1.807, 2.05) is 12.2 Å². The summed E-state index contributed by atoms with van der Waals surface area (Å²) in [6.07, 6.45) is 18.5. The van der Waals surface area contributed by atoms with Crippen LogP contribution in [0.5, 0.6) is 0 Å². The van der Waals surface area contributed by atoms with Crippen molar-refractivity contribution in [3.05, 3.63) is 36.0 Å². The molecule has 4 atom stereocenters. The van der Waals surface area contributed by atoms with Crippen molar-refractivity contribution >= 4 is 8.32 Å². The first-order valence-electron chi connectivity index (χ1n) is 12.1. The second-order valence-corrected chi connectivity index (χ2v) is 16.9. The van der Waals surface area contributed by atoms with Gasteiger partial charge in [0.2, 0.25) is 0 Å². The highest BCUT2D eigenvalue weighted by atomic mass is 28.4. The molecule has 2 aliphatic carbocycles. The third-order valence-electron chi connectivity index (χ3n) is 7.98. The van der Waals surface area contributed by atoms with Crippen molar-refractivity contribution in [3.63, 3.8) is 0 Å². The van der Waals surface area contributed by atoms with Crippen molar-refractivity contribution in [1.29, 1.82) is 0 Å². The zero-order chi connectivity index (χ0) is 22.8. The number of hydrogen-bond acceptors (Lipinski definition) is 2. The van der Waals surface area contributed by atoms with Gasteiger partial charge < -0.3 is 9.53 Å². The first-order valence-corrected chi connectivity index (χ1v) is 15.0. The highest BCUT2D eigenvalue weighted by Gasteiger charge is 2.49. The van der Waals surface area contributed by atoms with Crippen LogP contribution in [0.25, 0.3) is 0 Å². The number of hydrogen-bond donors (Lipinski definition) is 1. The number of aliphatic hydroxyl groups is 1. The SMILES string of the molecule is C[C@H](CC=CC=CC(C)(C)O)C1=CCC[C@H]2[C@@H](O[Si](C)(C)C(C)(C)C)CCC[C@]12C. The molecule has 0 amide bonds. The number of fused-ring (bicyclic) bond motifs is 1. The molecule has 0 aliphatic heterocycles. The zero-order valence-corrected chi connectivity index (χ0v) is 22.2. The van der Waals surface area contributed by atoms with Gasteiger partial charge in [-0.05, 0) is 81.3 Å². The van der Waals surface area contributed by atoms with Gasteiger partial charge >= 0.3 is 0 Å². The molecule has 3 heteroatoms. The van der Waals surface area contributed by atoms with Crippen LogP contribution in [0.1, 0.15) is 87.0 Å². The van der Waals surface area contributed by atoms with Gasteiger partial charge in [0.25, 0.3) is 0 Å². The molecule has 0 heterocycles. The maximum absolute atomic E-state index is 9.81. The molecule has 0 radical (unpaired) electrons. The van der Waals surface area contributed by atoms with Crippen molar-refractivity contribution in [2.24, 2.45) is 17.3 Å². The zero-order valence-electron chi connectivity index (χ0n) is 21.2. The van der Waals surface area contributed by atoms with Gasteiger partial charge in [-0.25, -0.2) is 0 Å². The lowest BCUT2D eigenvalue weighted by atomic mass is 9.56. The summed E-state index contributed by atoms with van der Waals surface area (Å²) in [6, 6.07) is 0. The smallest absolute Gasteiger partial charge is 0.192 e. The summed E-state index contributed by atoms with van der Waals surface area (Å²) in [5, 5.41) is 10.1. The minimum atomic E-state index is -1.76. The monoisotopic (exact) mass is 432 g/mol. The van der Waals surface area contributed by atoms with Crippen LogP contribution in [0.15, 0.2) is 36.0 Å². The molecule has 0 unspecified atom stereocenters. The Kier molecular flexibility index (Phi) is 8.08. The first-order chi connectivity index (χ1) is 13.7. The fourth-order valence-corrected chi connectivity index (χ4v) is 6.61. The summed E-state index contributed by atoms with van der Waals surface area (Å²) in [7, 11) is -1.76. The van der Waals surface area contributed by atoms with E-state index in [-0.39, 0.29) is 10.5 Å². The van der Waals surface area contributed by atoms with E-state index in [0.29, 0.717) is 17.9 Å². The summed E-state index contributed by atoms with van der Waals surface area (Å²) in [4.78, 5) is 0. The van der Waals surface area contributed by atoms with Gasteiger partial charge in [-0.3, -0.25) is 0 Å². The van der Waals surface area contributed by atoms with Crippen LogP contribution < -0.4 is 0 Å². The highest BCUT2D eigenvalue weighted by Crippen LogP contribution is 2.55. The average Bonchev–Trinajstić information content (AvgIpc) is 2.58. The van der Waals surface area contributed by atoms with Gasteiger partial charge in [-0.15, -0.1) is 0 Å². The van der Waals surface area contributed by atoms with E-state index in [2.05, 4.69) is 65.9 Å². The molecule has 0 saturated heterocycles. The fourth-order valence-electron chi connectivity index (χ4n) is 5.22. The van der Waals surface area contributed by atoms with E-state index in [1.165, 1.54) is 32.1 Å². The molecule has 0 aromatic rings. The van der Waals surface area contributed by atoms with Crippen LogP contribution in [-0.2, 0) is 4.43 Å². The quantitative estimate of drug-likeness (QED) is 0.252. The van der Waals surface area contributed by atoms with E-state index in [0.717, 1.165) is 6.42 Å². The Morgan fingerprint density at radius 2 is 1.87 bits per heavy atom. The summed E-state index contributed by atoms with van der Waals surface area (Å²) in [5.74, 6) is 1.21. The normalized spacial score (nSPS) is 29.9. The molecule has 1 saturated carbocycles. The van der Waals surface area contributed by atoms with Crippen molar-refractivity contribution in [2.75, 3.05) is 0 Å². The molecule has 172 valence electrons. The molecule has 1 N–H and O–H groups in total. The third kappa shape index (κ3) is 6.20. The van der Waals surface area contributed by atoms with Gasteiger partial charge in [0.15, 0.2) is 8.32 Å². The van der Waals surface area contributed by atoms with Gasteiger partial charge in [-0.2, -0.15) is 0 Å². The lowest BCUT2D eigenvalue weighted by Gasteiger charge is -2.53. The van der Waals surface area contributed by atoms with Crippen LogP contribution in [0.2, 0.25) is 18.1 Å². The van der Waals surface area contributed by atoms with Gasteiger partial charge in [0.05, 0.1) is 5.60 Å². The second-order valence-electron chi connectivity index (χ2n) is 12.1. The molecular weight excluding hydrogens is 384 g/mol. The summed E-state index contributed by atoms with van der Waals surface area (Å²) in [5.41, 5.74) is 1.20. The maximum atomic E-state index is 9.81. The first kappa shape index (κ1) is 25.6. The lowest BCUT2D eigenvalue weighted by molar-refractivity contribution is -0.00501. The van der Waals surface area contributed by atoms with Crippen LogP contribution in [0, 0.1) is 17.3 Å². The Labute approximate surface area is 188 Å². The third-order valence-corrected chi connectivity index (χ3v) is 12.5. The summed E-state index contributed by atoms with van der Waals surface area (Å²) >= 11 is 0. The van der Waals surface area contributed by atoms with Crippen LogP contribution in [-0.4, -0.2) is 25.1 Å². The molecule has 2 aliphatic rings. The van der Waals surface area contributed by atoms with E-state index >= 15 is 0 Å². The molecule has 0 aromatic heterocycles. The molecule has 30 heavy (non-hydrogen) atoms. The highest BCUT2D eigenvalue weighted by molar-refractivity contribution is 6.74. The van der Waals surface area contributed by atoms with Crippen molar-refractivity contribution in [1.82, 2.24) is 0 Å². The van der Waals surface area contributed by atoms with E-state index in [9.17, 15) is 5.11 Å². The van der Waals surface area contributed by atoms with E-state index in [1.54, 1.807) is 19.4 Å². The summed E-state index contributed by atoms with van der Waals surface area (Å²) in [6.45, 7) is 20.4. The Hall–Kier alpha value is -0.643. The molecule has 0 aromatic carbocycles. The predicted octanol–water partition coefficient (Wildman–Crippen LogP) is 7.81. The number of rotatable bonds is 7. The second kappa shape index (κ2) is 9.46. The lowest BCUT2D eigenvalue weighted by Crippen LogP contribution is -2.51. The van der Waals surface area contributed by atoms with E-state index in [4.69, 9.17) is 4.43 Å². The fraction of sp³-hybridized carbons (Fsp3) is 0.778. The van der Waals surface area contributed by atoms with Crippen LogP contribution in [0.3, 0.4) is 0 Å². The Bertz CT molecular complexity index is 659. The molecule has 0 bridgehead atoms. The molecule has 2 nitrogen and oxygen atoms in total.